The van der Waals surface area contributed by atoms with Crippen molar-refractivity contribution in [3.05, 3.63) is 64.1 Å². The number of halogens is 2. The monoisotopic (exact) mass is 393 g/mol. The number of amides is 1. The molecule has 118 valence electrons. The number of rotatable bonds is 5. The van der Waals surface area contributed by atoms with Gasteiger partial charge in [0.05, 0.1) is 29.1 Å². The Morgan fingerprint density at radius 2 is 1.87 bits per heavy atom. The number of benzene rings is 1. The molecular weight excluding hydrogens is 382 g/mol. The molecule has 2 aromatic heterocycles. The molecule has 2 heterocycles. The molecule has 1 aromatic carbocycles. The quantitative estimate of drug-likeness (QED) is 0.723. The average Bonchev–Trinajstić information content (AvgIpc) is 3.11. The summed E-state index contributed by atoms with van der Waals surface area (Å²) in [5, 5.41) is 11.8. The van der Waals surface area contributed by atoms with Gasteiger partial charge in [0, 0.05) is 17.4 Å². The maximum Gasteiger partial charge on any atom is 0.246 e. The number of hydrogen-bond donors (Lipinski definition) is 1. The van der Waals surface area contributed by atoms with Gasteiger partial charge in [-0.2, -0.15) is 10.2 Å². The largest absolute Gasteiger partial charge is 0.322 e. The molecular formula is C15H13BrClN5O. The molecule has 0 unspecified atom stereocenters. The molecule has 0 saturated carbocycles. The van der Waals surface area contributed by atoms with Gasteiger partial charge in [-0.1, -0.05) is 23.7 Å². The number of anilines is 1. The highest BCUT2D eigenvalue weighted by atomic mass is 79.9. The average molecular weight is 395 g/mol. The van der Waals surface area contributed by atoms with Crippen molar-refractivity contribution < 1.29 is 4.79 Å². The summed E-state index contributed by atoms with van der Waals surface area (Å²) < 4.78 is 4.14. The number of nitrogens with one attached hydrogen (secondary N) is 1. The number of aromatic nitrogens is 4. The molecule has 1 amide bonds. The summed E-state index contributed by atoms with van der Waals surface area (Å²) in [5.41, 5.74) is 1.73. The lowest BCUT2D eigenvalue weighted by molar-refractivity contribution is -0.116. The summed E-state index contributed by atoms with van der Waals surface area (Å²) >= 11 is 9.16. The molecule has 0 aliphatic carbocycles. The maximum absolute atomic E-state index is 12.0. The molecule has 0 atom stereocenters. The zero-order valence-electron chi connectivity index (χ0n) is 12.0. The van der Waals surface area contributed by atoms with E-state index in [-0.39, 0.29) is 12.5 Å². The topological polar surface area (TPSA) is 64.7 Å². The minimum atomic E-state index is -0.161. The molecule has 0 fully saturated rings. The summed E-state index contributed by atoms with van der Waals surface area (Å²) in [6.45, 7) is 0.757. The molecule has 3 aromatic rings. The van der Waals surface area contributed by atoms with E-state index < -0.39 is 0 Å². The fourth-order valence-corrected chi connectivity index (χ4v) is 2.52. The Morgan fingerprint density at radius 3 is 2.57 bits per heavy atom. The summed E-state index contributed by atoms with van der Waals surface area (Å²) in [4.78, 5) is 12.0. The van der Waals surface area contributed by atoms with Crippen molar-refractivity contribution in [3.63, 3.8) is 0 Å². The molecule has 0 aliphatic heterocycles. The predicted octanol–water partition coefficient (Wildman–Crippen LogP) is 3.18. The highest BCUT2D eigenvalue weighted by Crippen LogP contribution is 2.12. The number of hydrogen-bond acceptors (Lipinski definition) is 3. The standard InChI is InChI=1S/C15H13BrClN5O/c16-12-5-18-22(8-12)10-15(23)20-14-6-19-21(9-14)7-11-1-3-13(17)4-2-11/h1-6,8-9H,7,10H2,(H,20,23). The van der Waals surface area contributed by atoms with Gasteiger partial charge in [-0.05, 0) is 33.6 Å². The molecule has 23 heavy (non-hydrogen) atoms. The summed E-state index contributed by atoms with van der Waals surface area (Å²) in [7, 11) is 0. The van der Waals surface area contributed by atoms with Gasteiger partial charge in [0.2, 0.25) is 5.91 Å². The Hall–Kier alpha value is -2.12. The van der Waals surface area contributed by atoms with E-state index in [4.69, 9.17) is 11.6 Å². The summed E-state index contributed by atoms with van der Waals surface area (Å²) in [6, 6.07) is 7.56. The summed E-state index contributed by atoms with van der Waals surface area (Å²) in [6.07, 6.45) is 6.78. The van der Waals surface area contributed by atoms with E-state index in [1.807, 2.05) is 24.3 Å². The van der Waals surface area contributed by atoms with Gasteiger partial charge in [-0.25, -0.2) is 0 Å². The van der Waals surface area contributed by atoms with E-state index in [1.165, 1.54) is 0 Å². The van der Waals surface area contributed by atoms with Crippen LogP contribution in [0, 0.1) is 0 Å². The van der Waals surface area contributed by atoms with Gasteiger partial charge in [0.15, 0.2) is 0 Å². The first-order valence-corrected chi connectivity index (χ1v) is 8.00. The van der Waals surface area contributed by atoms with Crippen LogP contribution in [0.1, 0.15) is 5.56 Å². The first-order valence-electron chi connectivity index (χ1n) is 6.83. The normalized spacial score (nSPS) is 10.7. The molecule has 0 spiro atoms. The minimum Gasteiger partial charge on any atom is -0.322 e. The Balaban J connectivity index is 1.58. The Bertz CT molecular complexity index is 811. The van der Waals surface area contributed by atoms with Crippen LogP contribution in [0.25, 0.3) is 0 Å². The Morgan fingerprint density at radius 1 is 1.13 bits per heavy atom. The SMILES string of the molecule is O=C(Cn1cc(Br)cn1)Nc1cnn(Cc2ccc(Cl)cc2)c1. The maximum atomic E-state index is 12.0. The van der Waals surface area contributed by atoms with Crippen LogP contribution in [0.5, 0.6) is 0 Å². The highest BCUT2D eigenvalue weighted by molar-refractivity contribution is 9.10. The van der Waals surface area contributed by atoms with Crippen molar-refractivity contribution in [2.45, 2.75) is 13.1 Å². The van der Waals surface area contributed by atoms with Crippen molar-refractivity contribution >= 4 is 39.1 Å². The second-order valence-electron chi connectivity index (χ2n) is 4.96. The molecule has 1 N–H and O–H groups in total. The Kier molecular flexibility index (Phi) is 4.78. The van der Waals surface area contributed by atoms with E-state index in [1.54, 1.807) is 34.2 Å². The van der Waals surface area contributed by atoms with E-state index in [0.717, 1.165) is 10.0 Å². The van der Waals surface area contributed by atoms with Crippen LogP contribution in [0.2, 0.25) is 5.02 Å². The number of carbonyl (C=O) groups is 1. The van der Waals surface area contributed by atoms with Crippen LogP contribution in [0.3, 0.4) is 0 Å². The molecule has 0 bridgehead atoms. The van der Waals surface area contributed by atoms with Crippen LogP contribution in [-0.2, 0) is 17.9 Å². The van der Waals surface area contributed by atoms with Crippen molar-refractivity contribution in [3.8, 4) is 0 Å². The van der Waals surface area contributed by atoms with Crippen LogP contribution in [0.15, 0.2) is 53.5 Å². The highest BCUT2D eigenvalue weighted by Gasteiger charge is 2.07. The Labute approximate surface area is 146 Å². The molecule has 0 saturated heterocycles. The van der Waals surface area contributed by atoms with Gasteiger partial charge in [-0.15, -0.1) is 0 Å². The zero-order valence-corrected chi connectivity index (χ0v) is 14.3. The van der Waals surface area contributed by atoms with E-state index in [0.29, 0.717) is 17.3 Å². The third kappa shape index (κ3) is 4.43. The molecule has 3 rings (SSSR count). The molecule has 6 nitrogen and oxygen atoms in total. The molecule has 8 heteroatoms. The van der Waals surface area contributed by atoms with Crippen molar-refractivity contribution in [1.82, 2.24) is 19.6 Å². The first-order chi connectivity index (χ1) is 11.1. The van der Waals surface area contributed by atoms with Gasteiger partial charge < -0.3 is 5.32 Å². The fourth-order valence-electron chi connectivity index (χ4n) is 2.06. The van der Waals surface area contributed by atoms with Crippen LogP contribution in [0.4, 0.5) is 5.69 Å². The van der Waals surface area contributed by atoms with Gasteiger partial charge in [0.25, 0.3) is 0 Å². The second kappa shape index (κ2) is 6.97. The van der Waals surface area contributed by atoms with Gasteiger partial charge in [0.1, 0.15) is 6.54 Å². The number of nitrogens with zero attached hydrogens (tertiary/aromatic N) is 4. The molecule has 0 radical (unpaired) electrons. The smallest absolute Gasteiger partial charge is 0.246 e. The van der Waals surface area contributed by atoms with Gasteiger partial charge in [-0.3, -0.25) is 14.2 Å². The first kappa shape index (κ1) is 15.8. The lowest BCUT2D eigenvalue weighted by Crippen LogP contribution is -2.18. The van der Waals surface area contributed by atoms with Crippen molar-refractivity contribution in [2.24, 2.45) is 0 Å². The molecule has 0 aliphatic rings. The fraction of sp³-hybridized carbons (Fsp3) is 0.133. The predicted molar refractivity (Wildman–Crippen MR) is 91.3 cm³/mol. The third-order valence-electron chi connectivity index (χ3n) is 3.08. The van der Waals surface area contributed by atoms with Crippen LogP contribution in [-0.4, -0.2) is 25.5 Å². The third-order valence-corrected chi connectivity index (χ3v) is 3.74. The van der Waals surface area contributed by atoms with E-state index >= 15 is 0 Å². The van der Waals surface area contributed by atoms with Crippen molar-refractivity contribution in [2.75, 3.05) is 5.32 Å². The van der Waals surface area contributed by atoms with E-state index in [2.05, 4.69) is 31.4 Å². The number of carbonyl (C=O) groups excluding carboxylic acids is 1. The van der Waals surface area contributed by atoms with Gasteiger partial charge >= 0.3 is 0 Å². The minimum absolute atomic E-state index is 0.147. The lowest BCUT2D eigenvalue weighted by Gasteiger charge is -2.03. The zero-order chi connectivity index (χ0) is 16.2. The van der Waals surface area contributed by atoms with Crippen LogP contribution >= 0.6 is 27.5 Å². The van der Waals surface area contributed by atoms with E-state index in [9.17, 15) is 4.79 Å². The van der Waals surface area contributed by atoms with Crippen LogP contribution < -0.4 is 5.32 Å². The second-order valence-corrected chi connectivity index (χ2v) is 6.31. The van der Waals surface area contributed by atoms with Crippen molar-refractivity contribution in [1.29, 1.82) is 0 Å². The summed E-state index contributed by atoms with van der Waals surface area (Å²) in [5.74, 6) is -0.161. The lowest BCUT2D eigenvalue weighted by atomic mass is 10.2.